The van der Waals surface area contributed by atoms with E-state index in [2.05, 4.69) is 43.9 Å². The fourth-order valence-corrected chi connectivity index (χ4v) is 3.41. The minimum Gasteiger partial charge on any atom is -0.260 e. The number of benzene rings is 2. The van der Waals surface area contributed by atoms with Crippen LogP contribution in [0.5, 0.6) is 0 Å². The van der Waals surface area contributed by atoms with Gasteiger partial charge < -0.3 is 0 Å². The van der Waals surface area contributed by atoms with E-state index in [-0.39, 0.29) is 0 Å². The van der Waals surface area contributed by atoms with E-state index in [1.807, 2.05) is 29.8 Å². The molecule has 0 spiro atoms. The number of nitrogens with one attached hydrogen (secondary N) is 1. The van der Waals surface area contributed by atoms with Crippen molar-refractivity contribution in [1.29, 1.82) is 0 Å². The van der Waals surface area contributed by atoms with Crippen LogP contribution in [0.4, 0.5) is 0 Å². The van der Waals surface area contributed by atoms with Crippen molar-refractivity contribution in [2.24, 2.45) is 0 Å². The molecule has 0 radical (unpaired) electrons. The lowest BCUT2D eigenvalue weighted by Gasteiger charge is -2.09. The largest absolute Gasteiger partial charge is 0.260 e. The highest BCUT2D eigenvalue weighted by Gasteiger charge is 2.13. The van der Waals surface area contributed by atoms with Crippen molar-refractivity contribution in [2.45, 2.75) is 19.9 Å². The number of rotatable bonds is 4. The number of hydrogen-bond donors (Lipinski definition) is 1. The van der Waals surface area contributed by atoms with Gasteiger partial charge in [-0.05, 0) is 30.7 Å². The van der Waals surface area contributed by atoms with Gasteiger partial charge in [-0.15, -0.1) is 10.2 Å². The van der Waals surface area contributed by atoms with Crippen molar-refractivity contribution >= 4 is 34.1 Å². The monoisotopic (exact) mass is 372 g/mol. The Hall–Kier alpha value is -2.44. The molecule has 0 unspecified atom stereocenters. The third-order valence-corrected chi connectivity index (χ3v) is 4.83. The average molecular weight is 373 g/mol. The second-order valence-corrected chi connectivity index (χ2v) is 6.61. The van der Waals surface area contributed by atoms with Crippen LogP contribution in [0.1, 0.15) is 22.6 Å². The van der Waals surface area contributed by atoms with E-state index in [1.165, 1.54) is 0 Å². The summed E-state index contributed by atoms with van der Waals surface area (Å²) in [6.07, 6.45) is 0.601. The third-order valence-electron chi connectivity index (χ3n) is 4.12. The maximum Gasteiger partial charge on any atom is 0.178 e. The molecule has 0 aliphatic rings. The normalized spacial score (nSPS) is 11.3. The van der Waals surface area contributed by atoms with Gasteiger partial charge in [-0.25, -0.2) is 0 Å². The molecule has 0 bridgehead atoms. The van der Waals surface area contributed by atoms with Crippen LogP contribution in [0, 0.1) is 6.92 Å². The first-order valence-corrected chi connectivity index (χ1v) is 8.48. The Morgan fingerprint density at radius 3 is 2.64 bits per heavy atom. The van der Waals surface area contributed by atoms with E-state index in [4.69, 9.17) is 23.2 Å². The minimum absolute atomic E-state index is 0.508. The van der Waals surface area contributed by atoms with Crippen LogP contribution in [0.25, 0.3) is 10.9 Å². The zero-order valence-corrected chi connectivity index (χ0v) is 14.9. The van der Waals surface area contributed by atoms with Gasteiger partial charge in [-0.3, -0.25) is 4.68 Å². The van der Waals surface area contributed by atoms with E-state index in [1.54, 1.807) is 0 Å². The van der Waals surface area contributed by atoms with Gasteiger partial charge in [0, 0.05) is 27.4 Å². The molecule has 0 saturated carbocycles. The molecule has 2 aromatic carbocycles. The number of aryl methyl sites for hydroxylation is 1. The number of halogens is 2. The Labute approximate surface area is 153 Å². The molecule has 0 saturated heterocycles. The van der Waals surface area contributed by atoms with Crippen LogP contribution >= 0.6 is 23.2 Å². The van der Waals surface area contributed by atoms with Crippen LogP contribution in [-0.4, -0.2) is 30.4 Å². The average Bonchev–Trinajstić information content (AvgIpc) is 3.20. The van der Waals surface area contributed by atoms with Crippen molar-refractivity contribution < 1.29 is 0 Å². The van der Waals surface area contributed by atoms with E-state index in [9.17, 15) is 0 Å². The summed E-state index contributed by atoms with van der Waals surface area (Å²) in [5.41, 5.74) is 3.93. The molecule has 2 aromatic heterocycles. The maximum absolute atomic E-state index is 6.31. The predicted molar refractivity (Wildman–Crippen MR) is 97.0 cm³/mol. The molecular formula is C17H14Cl2N6. The lowest BCUT2D eigenvalue weighted by atomic mass is 10.1. The molecule has 4 rings (SSSR count). The fraction of sp³-hybridized carbons (Fsp3) is 0.176. The van der Waals surface area contributed by atoms with Gasteiger partial charge in [0.1, 0.15) is 0 Å². The molecule has 6 nitrogen and oxygen atoms in total. The first kappa shape index (κ1) is 16.1. The zero-order valence-electron chi connectivity index (χ0n) is 13.4. The van der Waals surface area contributed by atoms with E-state index in [0.717, 1.165) is 27.7 Å². The second-order valence-electron chi connectivity index (χ2n) is 5.80. The summed E-state index contributed by atoms with van der Waals surface area (Å²) in [5, 5.41) is 21.1. The van der Waals surface area contributed by atoms with Crippen molar-refractivity contribution in [3.8, 4) is 0 Å². The Balaban J connectivity index is 1.75. The number of aromatic amines is 1. The van der Waals surface area contributed by atoms with Crippen molar-refractivity contribution in [3.63, 3.8) is 0 Å². The molecule has 126 valence electrons. The van der Waals surface area contributed by atoms with Gasteiger partial charge >= 0.3 is 0 Å². The lowest BCUT2D eigenvalue weighted by molar-refractivity contribution is 0.703. The standard InChI is InChI=1S/C17H14Cl2N6/c1-10-12-6-5-11(8-17-20-23-24-21-17)7-16(12)25(22-10)9-13-14(18)3-2-4-15(13)19/h2-7H,8-9H2,1H3,(H,20,21,23,24). The number of fused-ring (bicyclic) bond motifs is 1. The van der Waals surface area contributed by atoms with Crippen LogP contribution in [0.2, 0.25) is 10.0 Å². The van der Waals surface area contributed by atoms with Gasteiger partial charge in [-0.2, -0.15) is 10.3 Å². The Kier molecular flexibility index (Phi) is 4.15. The van der Waals surface area contributed by atoms with Gasteiger partial charge in [0.15, 0.2) is 5.82 Å². The van der Waals surface area contributed by atoms with Crippen LogP contribution in [0.15, 0.2) is 36.4 Å². The number of aromatic nitrogens is 6. The van der Waals surface area contributed by atoms with E-state index in [0.29, 0.717) is 28.8 Å². The van der Waals surface area contributed by atoms with Gasteiger partial charge in [0.2, 0.25) is 0 Å². The predicted octanol–water partition coefficient (Wildman–Crippen LogP) is 3.80. The molecule has 0 atom stereocenters. The topological polar surface area (TPSA) is 72.3 Å². The van der Waals surface area contributed by atoms with Gasteiger partial charge in [0.05, 0.1) is 17.8 Å². The molecule has 25 heavy (non-hydrogen) atoms. The van der Waals surface area contributed by atoms with Crippen LogP contribution in [-0.2, 0) is 13.0 Å². The highest BCUT2D eigenvalue weighted by Crippen LogP contribution is 2.27. The molecule has 0 aliphatic heterocycles. The second kappa shape index (κ2) is 6.46. The van der Waals surface area contributed by atoms with Gasteiger partial charge in [0.25, 0.3) is 0 Å². The summed E-state index contributed by atoms with van der Waals surface area (Å²) in [7, 11) is 0. The number of H-pyrrole nitrogens is 1. The van der Waals surface area contributed by atoms with Crippen LogP contribution in [0.3, 0.4) is 0 Å². The Bertz CT molecular complexity index is 1020. The molecule has 0 amide bonds. The molecule has 1 N–H and O–H groups in total. The summed E-state index contributed by atoms with van der Waals surface area (Å²) in [6.45, 7) is 2.50. The first-order chi connectivity index (χ1) is 12.1. The maximum atomic E-state index is 6.31. The smallest absolute Gasteiger partial charge is 0.178 e. The summed E-state index contributed by atoms with van der Waals surface area (Å²) in [4.78, 5) is 0. The van der Waals surface area contributed by atoms with E-state index < -0.39 is 0 Å². The van der Waals surface area contributed by atoms with E-state index >= 15 is 0 Å². The Morgan fingerprint density at radius 2 is 1.92 bits per heavy atom. The van der Waals surface area contributed by atoms with Crippen LogP contribution < -0.4 is 0 Å². The fourth-order valence-electron chi connectivity index (χ4n) is 2.89. The number of nitrogens with zero attached hydrogens (tertiary/aromatic N) is 5. The molecule has 2 heterocycles. The van der Waals surface area contributed by atoms with Gasteiger partial charge in [-0.1, -0.05) is 46.6 Å². The molecular weight excluding hydrogens is 359 g/mol. The SMILES string of the molecule is Cc1nn(Cc2c(Cl)cccc2Cl)c2cc(Cc3nn[nH]n3)ccc12. The van der Waals surface area contributed by atoms with Crippen molar-refractivity contribution in [1.82, 2.24) is 30.4 Å². The summed E-state index contributed by atoms with van der Waals surface area (Å²) in [5.74, 6) is 0.649. The quantitative estimate of drug-likeness (QED) is 0.591. The minimum atomic E-state index is 0.508. The Morgan fingerprint density at radius 1 is 1.12 bits per heavy atom. The van der Waals surface area contributed by atoms with Crippen molar-refractivity contribution in [2.75, 3.05) is 0 Å². The lowest BCUT2D eigenvalue weighted by Crippen LogP contribution is -2.03. The molecule has 0 fully saturated rings. The summed E-state index contributed by atoms with van der Waals surface area (Å²) in [6, 6.07) is 11.7. The molecule has 8 heteroatoms. The number of tetrazole rings is 1. The summed E-state index contributed by atoms with van der Waals surface area (Å²) >= 11 is 12.6. The van der Waals surface area contributed by atoms with Crippen molar-refractivity contribution in [3.05, 3.63) is 69.1 Å². The highest BCUT2D eigenvalue weighted by atomic mass is 35.5. The molecule has 4 aromatic rings. The molecule has 0 aliphatic carbocycles. The first-order valence-electron chi connectivity index (χ1n) is 7.73. The third kappa shape index (κ3) is 3.10. The summed E-state index contributed by atoms with van der Waals surface area (Å²) < 4.78 is 1.93. The zero-order chi connectivity index (χ0) is 17.4. The highest BCUT2D eigenvalue weighted by molar-refractivity contribution is 6.36. The number of hydrogen-bond acceptors (Lipinski definition) is 4.